The first-order valence-corrected chi connectivity index (χ1v) is 1.58. The van der Waals surface area contributed by atoms with E-state index in [4.69, 9.17) is 6.58 Å². The molecule has 1 radical (unpaired) electrons. The molecule has 0 aliphatic rings. The minimum atomic E-state index is 0. The first-order valence-electron chi connectivity index (χ1n) is 1.58. The summed E-state index contributed by atoms with van der Waals surface area (Å²) in [5.41, 5.74) is 0. The Morgan fingerprint density at radius 1 is 1.50 bits per heavy atom. The zero-order chi connectivity index (χ0) is 4.12. The van der Waals surface area contributed by atoms with Crippen molar-refractivity contribution in [2.75, 3.05) is 0 Å². The van der Waals surface area contributed by atoms with E-state index >= 15 is 0 Å². The average Bonchev–Trinajstić information content (AvgIpc) is 1.41. The zero-order valence-electron chi connectivity index (χ0n) is 3.64. The van der Waals surface area contributed by atoms with E-state index in [-0.39, 0.29) is 19.5 Å². The fraction of sp³-hybridized carbons (Fsp3) is 0.200. The monoisotopic (exact) mass is 170 g/mol. The SMILES string of the molecule is [CH-]=C/C=C/C.[Rh]. The van der Waals surface area contributed by atoms with Crippen molar-refractivity contribution in [1.82, 2.24) is 0 Å². The summed E-state index contributed by atoms with van der Waals surface area (Å²) in [5.74, 6) is 0. The Labute approximate surface area is 51.7 Å². The molecule has 0 N–H and O–H groups in total. The molecule has 0 fully saturated rings. The topological polar surface area (TPSA) is 0 Å². The predicted molar refractivity (Wildman–Crippen MR) is 23.7 cm³/mol. The Bertz CT molecular complexity index is 45.9. The van der Waals surface area contributed by atoms with Crippen LogP contribution in [0, 0.1) is 6.58 Å². The summed E-state index contributed by atoms with van der Waals surface area (Å²) >= 11 is 0. The second kappa shape index (κ2) is 8.92. The standard InChI is InChI=1S/C5H7.Rh/c1-3-5-4-2;/h1,3-5H,2H3;/q-1;/b5-4+;. The molecule has 0 amide bonds. The van der Waals surface area contributed by atoms with Gasteiger partial charge >= 0.3 is 0 Å². The molecule has 0 rings (SSSR count). The quantitative estimate of drug-likeness (QED) is 0.318. The van der Waals surface area contributed by atoms with Crippen LogP contribution in [0.2, 0.25) is 0 Å². The van der Waals surface area contributed by atoms with Crippen molar-refractivity contribution in [1.29, 1.82) is 0 Å². The number of rotatable bonds is 1. The summed E-state index contributed by atoms with van der Waals surface area (Å²) in [7, 11) is 0. The van der Waals surface area contributed by atoms with Gasteiger partial charge in [0, 0.05) is 19.5 Å². The second-order valence-corrected chi connectivity index (χ2v) is 0.718. The fourth-order valence-electron chi connectivity index (χ4n) is 0.111. The summed E-state index contributed by atoms with van der Waals surface area (Å²) in [6.07, 6.45) is 5.15. The molecule has 0 nitrogen and oxygen atoms in total. The smallest absolute Gasteiger partial charge is 0 e. The van der Waals surface area contributed by atoms with Crippen LogP contribution >= 0.6 is 0 Å². The van der Waals surface area contributed by atoms with Crippen molar-refractivity contribution in [3.8, 4) is 0 Å². The molecular formula is C5H7Rh-. The van der Waals surface area contributed by atoms with Crippen molar-refractivity contribution in [2.24, 2.45) is 0 Å². The maximum Gasteiger partial charge on any atom is 0 e. The molecular weight excluding hydrogens is 163 g/mol. The van der Waals surface area contributed by atoms with Crippen molar-refractivity contribution in [2.45, 2.75) is 6.92 Å². The van der Waals surface area contributed by atoms with Gasteiger partial charge in [0.25, 0.3) is 0 Å². The minimum absolute atomic E-state index is 0. The van der Waals surface area contributed by atoms with E-state index in [1.165, 1.54) is 6.08 Å². The molecule has 0 aromatic heterocycles. The van der Waals surface area contributed by atoms with Gasteiger partial charge in [-0.3, -0.25) is 6.58 Å². The van der Waals surface area contributed by atoms with Gasteiger partial charge in [0.2, 0.25) is 0 Å². The summed E-state index contributed by atoms with van der Waals surface area (Å²) in [6, 6.07) is 0. The van der Waals surface area contributed by atoms with Gasteiger partial charge in [-0.1, -0.05) is 6.92 Å². The van der Waals surface area contributed by atoms with Crippen molar-refractivity contribution in [3.63, 3.8) is 0 Å². The summed E-state index contributed by atoms with van der Waals surface area (Å²) in [5, 5.41) is 0. The molecule has 0 unspecified atom stereocenters. The van der Waals surface area contributed by atoms with E-state index in [1.54, 1.807) is 6.08 Å². The molecule has 0 spiro atoms. The van der Waals surface area contributed by atoms with Gasteiger partial charge in [0.05, 0.1) is 0 Å². The number of hydrogen-bond acceptors (Lipinski definition) is 0. The Morgan fingerprint density at radius 3 is 2.00 bits per heavy atom. The van der Waals surface area contributed by atoms with Gasteiger partial charge < -0.3 is 0 Å². The third kappa shape index (κ3) is 8.93. The van der Waals surface area contributed by atoms with Gasteiger partial charge in [0.15, 0.2) is 0 Å². The Kier molecular flexibility index (Phi) is 14.0. The van der Waals surface area contributed by atoms with E-state index in [0.717, 1.165) is 0 Å². The maximum absolute atomic E-state index is 4.93. The summed E-state index contributed by atoms with van der Waals surface area (Å²) < 4.78 is 0. The van der Waals surface area contributed by atoms with E-state index in [1.807, 2.05) is 13.0 Å². The molecule has 0 aromatic rings. The van der Waals surface area contributed by atoms with Crippen LogP contribution in [-0.2, 0) is 19.5 Å². The summed E-state index contributed by atoms with van der Waals surface area (Å²) in [4.78, 5) is 0. The average molecular weight is 170 g/mol. The number of allylic oxidation sites excluding steroid dienone is 3. The van der Waals surface area contributed by atoms with Gasteiger partial charge in [-0.2, -0.15) is 6.08 Å². The Hall–Kier alpha value is 0.103. The molecule has 0 saturated heterocycles. The van der Waals surface area contributed by atoms with Crippen LogP contribution in [0.1, 0.15) is 6.92 Å². The molecule has 37 valence electrons. The van der Waals surface area contributed by atoms with Crippen LogP contribution in [0.4, 0.5) is 0 Å². The molecule has 0 bridgehead atoms. The van der Waals surface area contributed by atoms with Crippen molar-refractivity contribution in [3.05, 3.63) is 24.8 Å². The van der Waals surface area contributed by atoms with Gasteiger partial charge in [-0.05, 0) is 0 Å². The Morgan fingerprint density at radius 2 is 2.00 bits per heavy atom. The third-order valence-electron chi connectivity index (χ3n) is 0.304. The van der Waals surface area contributed by atoms with Gasteiger partial charge in [0.1, 0.15) is 0 Å². The Balaban J connectivity index is 0. The predicted octanol–water partition coefficient (Wildman–Crippen LogP) is 1.55. The van der Waals surface area contributed by atoms with Gasteiger partial charge in [-0.25, -0.2) is 12.2 Å². The van der Waals surface area contributed by atoms with Crippen LogP contribution < -0.4 is 0 Å². The van der Waals surface area contributed by atoms with Crippen molar-refractivity contribution >= 4 is 0 Å². The first-order chi connectivity index (χ1) is 2.41. The molecule has 0 heterocycles. The van der Waals surface area contributed by atoms with Crippen LogP contribution in [-0.4, -0.2) is 0 Å². The molecule has 6 heavy (non-hydrogen) atoms. The van der Waals surface area contributed by atoms with Crippen LogP contribution in [0.3, 0.4) is 0 Å². The maximum atomic E-state index is 4.93. The van der Waals surface area contributed by atoms with Crippen LogP contribution in [0.25, 0.3) is 0 Å². The largest absolute Gasteiger partial charge is 0.293 e. The van der Waals surface area contributed by atoms with E-state index in [9.17, 15) is 0 Å². The van der Waals surface area contributed by atoms with Crippen molar-refractivity contribution < 1.29 is 19.5 Å². The van der Waals surface area contributed by atoms with Crippen LogP contribution in [0.15, 0.2) is 18.2 Å². The zero-order valence-corrected chi connectivity index (χ0v) is 5.28. The second-order valence-electron chi connectivity index (χ2n) is 0.718. The minimum Gasteiger partial charge on any atom is -0.293 e. The first kappa shape index (κ1) is 9.44. The summed E-state index contributed by atoms with van der Waals surface area (Å²) in [6.45, 7) is 6.85. The molecule has 0 aliphatic carbocycles. The normalized spacial score (nSPS) is 7.50. The third-order valence-corrected chi connectivity index (χ3v) is 0.304. The van der Waals surface area contributed by atoms with Gasteiger partial charge in [-0.15, -0.1) is 0 Å². The van der Waals surface area contributed by atoms with E-state index < -0.39 is 0 Å². The van der Waals surface area contributed by atoms with Crippen LogP contribution in [0.5, 0.6) is 0 Å². The molecule has 0 atom stereocenters. The molecule has 0 aromatic carbocycles. The molecule has 0 saturated carbocycles. The molecule has 1 heteroatoms. The van der Waals surface area contributed by atoms with E-state index in [2.05, 4.69) is 0 Å². The molecule has 0 aliphatic heterocycles. The fourth-order valence-corrected chi connectivity index (χ4v) is 0.111. The number of hydrogen-bond donors (Lipinski definition) is 0. The van der Waals surface area contributed by atoms with E-state index in [0.29, 0.717) is 0 Å².